The number of carbonyl (C=O) groups is 1. The summed E-state index contributed by atoms with van der Waals surface area (Å²) < 4.78 is 72.4. The number of methoxy groups -OCH3 is 1. The first-order chi connectivity index (χ1) is 16.2. The third kappa shape index (κ3) is 5.18. The number of hydrogen-bond acceptors (Lipinski definition) is 5. The number of likely N-dealkylation sites (tertiary alicyclic amines) is 1. The van der Waals surface area contributed by atoms with E-state index in [1.54, 1.807) is 35.2 Å². The number of piperidine rings is 1. The molecule has 0 bridgehead atoms. The lowest BCUT2D eigenvalue weighted by Gasteiger charge is -2.42. The predicted octanol–water partition coefficient (Wildman–Crippen LogP) is 4.42. The number of fused-ring (bicyclic) bond motifs is 1. The molecule has 2 fully saturated rings. The molecule has 0 radical (unpaired) electrons. The molecule has 2 aromatic carbocycles. The van der Waals surface area contributed by atoms with Crippen LogP contribution in [0.15, 0.2) is 42.5 Å². The summed E-state index contributed by atoms with van der Waals surface area (Å²) >= 11 is 0. The molecule has 0 aromatic heterocycles. The van der Waals surface area contributed by atoms with E-state index in [2.05, 4.69) is 0 Å². The summed E-state index contributed by atoms with van der Waals surface area (Å²) in [5.74, 6) is -0.214. The Bertz CT molecular complexity index is 1010. The van der Waals surface area contributed by atoms with Crippen LogP contribution in [0, 0.1) is 5.82 Å². The van der Waals surface area contributed by atoms with Gasteiger partial charge in [0.2, 0.25) is 0 Å². The number of rotatable bonds is 7. The molecule has 2 aliphatic heterocycles. The Balaban J connectivity index is 1.43. The fourth-order valence-electron chi connectivity index (χ4n) is 4.35. The molecule has 2 atom stereocenters. The Morgan fingerprint density at radius 2 is 1.97 bits per heavy atom. The fourth-order valence-corrected chi connectivity index (χ4v) is 4.35. The van der Waals surface area contributed by atoms with Crippen molar-refractivity contribution in [2.75, 3.05) is 33.6 Å². The van der Waals surface area contributed by atoms with E-state index in [-0.39, 0.29) is 25.1 Å². The number of amides is 1. The first-order valence-corrected chi connectivity index (χ1v) is 10.8. The van der Waals surface area contributed by atoms with E-state index >= 15 is 0 Å². The average Bonchev–Trinajstić information content (AvgIpc) is 3.25. The van der Waals surface area contributed by atoms with E-state index in [1.165, 1.54) is 19.2 Å². The summed E-state index contributed by atoms with van der Waals surface area (Å²) in [6.07, 6.45) is -5.24. The average molecular weight is 483 g/mol. The van der Waals surface area contributed by atoms with E-state index < -0.39 is 30.9 Å². The Kier molecular flexibility index (Phi) is 7.11. The zero-order valence-corrected chi connectivity index (χ0v) is 18.6. The third-order valence-corrected chi connectivity index (χ3v) is 6.19. The van der Waals surface area contributed by atoms with Gasteiger partial charge in [-0.2, -0.15) is 13.2 Å². The molecule has 0 aliphatic carbocycles. The van der Waals surface area contributed by atoms with Crippen LogP contribution in [0.1, 0.15) is 34.3 Å². The molecule has 2 aliphatic rings. The maximum absolute atomic E-state index is 13.4. The normalized spacial score (nSPS) is 22.5. The number of halogens is 4. The minimum Gasteiger partial charge on any atom is -0.496 e. The number of ether oxygens (including phenoxy) is 4. The van der Waals surface area contributed by atoms with Crippen molar-refractivity contribution in [2.45, 2.75) is 37.3 Å². The molecule has 0 saturated carbocycles. The Labute approximate surface area is 194 Å². The molecule has 6 nitrogen and oxygen atoms in total. The van der Waals surface area contributed by atoms with Crippen LogP contribution in [-0.4, -0.2) is 56.7 Å². The lowest BCUT2D eigenvalue weighted by molar-refractivity contribution is -0.146. The number of hydrogen-bond donors (Lipinski definition) is 0. The van der Waals surface area contributed by atoms with Crippen LogP contribution in [0.5, 0.6) is 5.75 Å². The molecule has 0 spiro atoms. The smallest absolute Gasteiger partial charge is 0.391 e. The second-order valence-corrected chi connectivity index (χ2v) is 8.26. The molecule has 4 rings (SSSR count). The molecule has 2 aromatic rings. The molecule has 10 heteroatoms. The van der Waals surface area contributed by atoms with E-state index in [9.17, 15) is 22.4 Å². The summed E-state index contributed by atoms with van der Waals surface area (Å²) in [4.78, 5) is 14.9. The molecular weight excluding hydrogens is 458 g/mol. The van der Waals surface area contributed by atoms with Crippen molar-refractivity contribution in [1.29, 1.82) is 0 Å². The van der Waals surface area contributed by atoms with Crippen LogP contribution < -0.4 is 4.74 Å². The van der Waals surface area contributed by atoms with Gasteiger partial charge in [-0.25, -0.2) is 4.39 Å². The van der Waals surface area contributed by atoms with Crippen LogP contribution in [0.3, 0.4) is 0 Å². The van der Waals surface area contributed by atoms with E-state index in [0.717, 1.165) is 5.56 Å². The molecule has 184 valence electrons. The van der Waals surface area contributed by atoms with Gasteiger partial charge in [-0.1, -0.05) is 18.2 Å². The lowest BCUT2D eigenvalue weighted by Crippen LogP contribution is -2.53. The van der Waals surface area contributed by atoms with Gasteiger partial charge in [-0.3, -0.25) is 4.79 Å². The quantitative estimate of drug-likeness (QED) is 0.431. The van der Waals surface area contributed by atoms with Gasteiger partial charge >= 0.3 is 6.18 Å². The van der Waals surface area contributed by atoms with E-state index in [1.807, 2.05) is 0 Å². The third-order valence-electron chi connectivity index (χ3n) is 6.19. The lowest BCUT2D eigenvalue weighted by atomic mass is 9.82. The van der Waals surface area contributed by atoms with Crippen molar-refractivity contribution in [3.63, 3.8) is 0 Å². The van der Waals surface area contributed by atoms with Crippen molar-refractivity contribution < 1.29 is 41.3 Å². The zero-order chi connectivity index (χ0) is 24.3. The topological polar surface area (TPSA) is 57.2 Å². The van der Waals surface area contributed by atoms with Crippen molar-refractivity contribution >= 4 is 5.91 Å². The highest BCUT2D eigenvalue weighted by Crippen LogP contribution is 2.42. The molecule has 1 unspecified atom stereocenters. The highest BCUT2D eigenvalue weighted by Gasteiger charge is 2.51. The van der Waals surface area contributed by atoms with Crippen LogP contribution in [-0.2, 0) is 26.4 Å². The van der Waals surface area contributed by atoms with Gasteiger partial charge in [0, 0.05) is 24.1 Å². The summed E-state index contributed by atoms with van der Waals surface area (Å²) in [6, 6.07) is 10.9. The molecule has 1 amide bonds. The second kappa shape index (κ2) is 9.89. The standard InChI is InChI=1S/C24H25F4NO5/c1-31-20-12-16(2-3-17(20)14-32-11-9-24(26,27)28)22(30)29-10-8-23(21(13-29)33-15-34-23)18-4-6-19(25)7-5-18/h2-7,12,21H,8-11,13-15H2,1H3/t21?,23-/m0/s1. The maximum atomic E-state index is 13.4. The molecular formula is C24H25F4NO5. The van der Waals surface area contributed by atoms with Crippen LogP contribution in [0.4, 0.5) is 17.6 Å². The van der Waals surface area contributed by atoms with Crippen molar-refractivity contribution in [3.8, 4) is 5.75 Å². The Hall–Kier alpha value is -2.69. The minimum atomic E-state index is -4.28. The first-order valence-electron chi connectivity index (χ1n) is 10.8. The monoisotopic (exact) mass is 483 g/mol. The fraction of sp³-hybridized carbons (Fsp3) is 0.458. The second-order valence-electron chi connectivity index (χ2n) is 8.26. The zero-order valence-electron chi connectivity index (χ0n) is 18.6. The molecule has 2 saturated heterocycles. The summed E-state index contributed by atoms with van der Waals surface area (Å²) in [7, 11) is 1.42. The van der Waals surface area contributed by atoms with Gasteiger partial charge < -0.3 is 23.8 Å². The summed E-state index contributed by atoms with van der Waals surface area (Å²) in [6.45, 7) is 0.258. The van der Waals surface area contributed by atoms with E-state index in [4.69, 9.17) is 18.9 Å². The first kappa shape index (κ1) is 24.4. The van der Waals surface area contributed by atoms with Gasteiger partial charge in [0.15, 0.2) is 0 Å². The minimum absolute atomic E-state index is 0.0646. The number of alkyl halides is 3. The number of carbonyl (C=O) groups excluding carboxylic acids is 1. The van der Waals surface area contributed by atoms with Gasteiger partial charge in [0.1, 0.15) is 30.1 Å². The van der Waals surface area contributed by atoms with E-state index in [0.29, 0.717) is 36.4 Å². The molecule has 2 heterocycles. The van der Waals surface area contributed by atoms with Crippen LogP contribution in [0.25, 0.3) is 0 Å². The summed E-state index contributed by atoms with van der Waals surface area (Å²) in [5, 5.41) is 0. The molecule has 34 heavy (non-hydrogen) atoms. The Morgan fingerprint density at radius 3 is 2.68 bits per heavy atom. The van der Waals surface area contributed by atoms with Gasteiger partial charge in [-0.05, 0) is 29.8 Å². The largest absolute Gasteiger partial charge is 0.496 e. The highest BCUT2D eigenvalue weighted by molar-refractivity contribution is 5.95. The Morgan fingerprint density at radius 1 is 1.21 bits per heavy atom. The van der Waals surface area contributed by atoms with Crippen LogP contribution in [0.2, 0.25) is 0 Å². The van der Waals surface area contributed by atoms with Crippen molar-refractivity contribution in [2.24, 2.45) is 0 Å². The predicted molar refractivity (Wildman–Crippen MR) is 113 cm³/mol. The van der Waals surface area contributed by atoms with Crippen LogP contribution >= 0.6 is 0 Å². The SMILES string of the molecule is COc1cc(C(=O)N2CC[C@@]3(c4ccc(F)cc4)OCOC3C2)ccc1COCCC(F)(F)F. The molecule has 0 N–H and O–H groups in total. The maximum Gasteiger partial charge on any atom is 0.391 e. The van der Waals surface area contributed by atoms with Gasteiger partial charge in [0.05, 0.1) is 33.3 Å². The van der Waals surface area contributed by atoms with Gasteiger partial charge in [0.25, 0.3) is 5.91 Å². The van der Waals surface area contributed by atoms with Crippen molar-refractivity contribution in [1.82, 2.24) is 4.90 Å². The summed E-state index contributed by atoms with van der Waals surface area (Å²) in [5.41, 5.74) is 0.992. The van der Waals surface area contributed by atoms with Gasteiger partial charge in [-0.15, -0.1) is 0 Å². The highest BCUT2D eigenvalue weighted by atomic mass is 19.4. The number of benzene rings is 2. The number of nitrogens with zero attached hydrogens (tertiary/aromatic N) is 1. The van der Waals surface area contributed by atoms with Crippen molar-refractivity contribution in [3.05, 3.63) is 65.0 Å².